The van der Waals surface area contributed by atoms with Crippen molar-refractivity contribution in [3.8, 4) is 0 Å². The lowest BCUT2D eigenvalue weighted by atomic mass is 10.2. The Morgan fingerprint density at radius 1 is 1.53 bits per heavy atom. The van der Waals surface area contributed by atoms with Crippen molar-refractivity contribution in [1.29, 1.82) is 0 Å². The second kappa shape index (κ2) is 5.25. The lowest BCUT2D eigenvalue weighted by Gasteiger charge is -2.34. The molecule has 1 fully saturated rings. The SMILES string of the molecule is CC(C)CS(=O)(=O)N1CCNCC1CN. The molecular formula is C9H21N3O2S. The molecule has 0 aromatic carbocycles. The highest BCUT2D eigenvalue weighted by molar-refractivity contribution is 7.89. The van der Waals surface area contributed by atoms with Crippen LogP contribution in [0.1, 0.15) is 13.8 Å². The number of nitrogens with two attached hydrogens (primary N) is 1. The molecule has 0 spiro atoms. The van der Waals surface area contributed by atoms with Gasteiger partial charge in [0.15, 0.2) is 0 Å². The third-order valence-electron chi connectivity index (χ3n) is 2.47. The minimum absolute atomic E-state index is 0.0810. The summed E-state index contributed by atoms with van der Waals surface area (Å²) in [6.07, 6.45) is 0. The van der Waals surface area contributed by atoms with Crippen molar-refractivity contribution in [2.45, 2.75) is 19.9 Å². The summed E-state index contributed by atoms with van der Waals surface area (Å²) in [5, 5.41) is 3.16. The molecule has 1 unspecified atom stereocenters. The van der Waals surface area contributed by atoms with Crippen molar-refractivity contribution >= 4 is 10.0 Å². The van der Waals surface area contributed by atoms with E-state index in [1.807, 2.05) is 13.8 Å². The molecule has 5 nitrogen and oxygen atoms in total. The molecule has 0 aliphatic carbocycles. The third-order valence-corrected chi connectivity index (χ3v) is 4.75. The first-order chi connectivity index (χ1) is 6.97. The van der Waals surface area contributed by atoms with Crippen LogP contribution in [0.4, 0.5) is 0 Å². The van der Waals surface area contributed by atoms with Gasteiger partial charge in [0.1, 0.15) is 0 Å². The number of nitrogens with one attached hydrogen (secondary N) is 1. The number of rotatable bonds is 4. The fraction of sp³-hybridized carbons (Fsp3) is 1.00. The van der Waals surface area contributed by atoms with Gasteiger partial charge in [-0.25, -0.2) is 8.42 Å². The van der Waals surface area contributed by atoms with Gasteiger partial charge < -0.3 is 11.1 Å². The van der Waals surface area contributed by atoms with Crippen LogP contribution in [0.15, 0.2) is 0 Å². The largest absolute Gasteiger partial charge is 0.329 e. The molecule has 0 saturated carbocycles. The number of sulfonamides is 1. The van der Waals surface area contributed by atoms with E-state index in [9.17, 15) is 8.42 Å². The number of hydrogen-bond acceptors (Lipinski definition) is 4. The second-order valence-corrected chi connectivity index (χ2v) is 6.34. The number of piperazine rings is 1. The van der Waals surface area contributed by atoms with Gasteiger partial charge in [-0.2, -0.15) is 4.31 Å². The molecule has 15 heavy (non-hydrogen) atoms. The van der Waals surface area contributed by atoms with Crippen LogP contribution in [0, 0.1) is 5.92 Å². The van der Waals surface area contributed by atoms with Gasteiger partial charge in [-0.05, 0) is 5.92 Å². The Kier molecular flexibility index (Phi) is 4.51. The lowest BCUT2D eigenvalue weighted by Crippen LogP contribution is -2.57. The Morgan fingerprint density at radius 2 is 2.20 bits per heavy atom. The maximum atomic E-state index is 12.0. The van der Waals surface area contributed by atoms with E-state index in [-0.39, 0.29) is 17.7 Å². The van der Waals surface area contributed by atoms with E-state index >= 15 is 0 Å². The molecule has 3 N–H and O–H groups in total. The quantitative estimate of drug-likeness (QED) is 0.669. The van der Waals surface area contributed by atoms with Gasteiger partial charge in [0.25, 0.3) is 0 Å². The van der Waals surface area contributed by atoms with Gasteiger partial charge >= 0.3 is 0 Å². The van der Waals surface area contributed by atoms with Gasteiger partial charge in [0.2, 0.25) is 10.0 Å². The standard InChI is InChI=1S/C9H21N3O2S/c1-8(2)7-15(13,14)12-4-3-11-6-9(12)5-10/h8-9,11H,3-7,10H2,1-2H3. The van der Waals surface area contributed by atoms with Crippen LogP contribution in [0.25, 0.3) is 0 Å². The highest BCUT2D eigenvalue weighted by atomic mass is 32.2. The van der Waals surface area contributed by atoms with Crippen molar-refractivity contribution in [2.75, 3.05) is 31.9 Å². The Hall–Kier alpha value is -0.170. The molecule has 0 bridgehead atoms. The average molecular weight is 235 g/mol. The number of nitrogens with zero attached hydrogens (tertiary/aromatic N) is 1. The van der Waals surface area contributed by atoms with E-state index in [2.05, 4.69) is 5.32 Å². The van der Waals surface area contributed by atoms with Crippen molar-refractivity contribution < 1.29 is 8.42 Å². The van der Waals surface area contributed by atoms with Crippen molar-refractivity contribution in [3.63, 3.8) is 0 Å². The summed E-state index contributed by atoms with van der Waals surface area (Å²) in [4.78, 5) is 0. The zero-order valence-electron chi connectivity index (χ0n) is 9.44. The van der Waals surface area contributed by atoms with Crippen molar-refractivity contribution in [2.24, 2.45) is 11.7 Å². The number of hydrogen-bond donors (Lipinski definition) is 2. The predicted octanol–water partition coefficient (Wildman–Crippen LogP) is -0.795. The second-order valence-electron chi connectivity index (χ2n) is 4.38. The van der Waals surface area contributed by atoms with Gasteiger partial charge in [0, 0.05) is 32.2 Å². The van der Waals surface area contributed by atoms with Crippen LogP contribution in [-0.2, 0) is 10.0 Å². The first-order valence-electron chi connectivity index (χ1n) is 5.37. The molecule has 1 atom stereocenters. The summed E-state index contributed by atoms with van der Waals surface area (Å²) in [5.41, 5.74) is 5.58. The van der Waals surface area contributed by atoms with Crippen molar-refractivity contribution in [3.05, 3.63) is 0 Å². The van der Waals surface area contributed by atoms with Crippen LogP contribution >= 0.6 is 0 Å². The van der Waals surface area contributed by atoms with E-state index in [1.54, 1.807) is 4.31 Å². The Labute approximate surface area is 92.1 Å². The Balaban J connectivity index is 2.74. The van der Waals surface area contributed by atoms with E-state index in [4.69, 9.17) is 5.73 Å². The monoisotopic (exact) mass is 235 g/mol. The summed E-state index contributed by atoms with van der Waals surface area (Å²) in [5.74, 6) is 0.368. The molecule has 0 amide bonds. The van der Waals surface area contributed by atoms with Gasteiger partial charge in [-0.3, -0.25) is 0 Å². The van der Waals surface area contributed by atoms with E-state index in [1.165, 1.54) is 0 Å². The summed E-state index contributed by atoms with van der Waals surface area (Å²) < 4.78 is 25.6. The smallest absolute Gasteiger partial charge is 0.214 e. The van der Waals surface area contributed by atoms with Gasteiger partial charge in [0.05, 0.1) is 5.75 Å². The van der Waals surface area contributed by atoms with Crippen LogP contribution in [0.3, 0.4) is 0 Å². The van der Waals surface area contributed by atoms with E-state index in [0.29, 0.717) is 26.2 Å². The van der Waals surface area contributed by atoms with Crippen LogP contribution in [0.5, 0.6) is 0 Å². The summed E-state index contributed by atoms with van der Waals surface area (Å²) in [6.45, 7) is 6.12. The molecule has 0 aromatic rings. The topological polar surface area (TPSA) is 75.4 Å². The molecule has 1 heterocycles. The zero-order chi connectivity index (χ0) is 11.5. The molecule has 1 rings (SSSR count). The first-order valence-corrected chi connectivity index (χ1v) is 6.98. The third kappa shape index (κ3) is 3.41. The summed E-state index contributed by atoms with van der Waals surface area (Å²) in [7, 11) is -3.13. The highest BCUT2D eigenvalue weighted by Crippen LogP contribution is 2.12. The van der Waals surface area contributed by atoms with Gasteiger partial charge in [-0.15, -0.1) is 0 Å². The fourth-order valence-corrected chi connectivity index (χ4v) is 3.84. The minimum atomic E-state index is -3.13. The van der Waals surface area contributed by atoms with E-state index < -0.39 is 10.0 Å². The molecule has 1 aliphatic heterocycles. The van der Waals surface area contributed by atoms with Crippen LogP contribution < -0.4 is 11.1 Å². The molecule has 6 heteroatoms. The molecule has 1 aliphatic rings. The maximum Gasteiger partial charge on any atom is 0.214 e. The van der Waals surface area contributed by atoms with Crippen LogP contribution in [0.2, 0.25) is 0 Å². The lowest BCUT2D eigenvalue weighted by molar-refractivity contribution is 0.271. The molecule has 90 valence electrons. The summed E-state index contributed by atoms with van der Waals surface area (Å²) >= 11 is 0. The molecule has 0 aromatic heterocycles. The van der Waals surface area contributed by atoms with Gasteiger partial charge in [-0.1, -0.05) is 13.8 Å². The normalized spacial score (nSPS) is 24.7. The Bertz CT molecular complexity index is 290. The maximum absolute atomic E-state index is 12.0. The fourth-order valence-electron chi connectivity index (χ4n) is 1.83. The molecule has 1 saturated heterocycles. The Morgan fingerprint density at radius 3 is 2.73 bits per heavy atom. The minimum Gasteiger partial charge on any atom is -0.329 e. The highest BCUT2D eigenvalue weighted by Gasteiger charge is 2.31. The van der Waals surface area contributed by atoms with E-state index in [0.717, 1.165) is 0 Å². The molecule has 0 radical (unpaired) electrons. The summed E-state index contributed by atoms with van der Waals surface area (Å²) in [6, 6.07) is -0.0810. The molecular weight excluding hydrogens is 214 g/mol. The van der Waals surface area contributed by atoms with Crippen molar-refractivity contribution in [1.82, 2.24) is 9.62 Å². The zero-order valence-corrected chi connectivity index (χ0v) is 10.3. The average Bonchev–Trinajstić information content (AvgIpc) is 2.16. The van der Waals surface area contributed by atoms with Crippen LogP contribution in [-0.4, -0.2) is 50.7 Å². The predicted molar refractivity (Wildman–Crippen MR) is 61.0 cm³/mol. The first kappa shape index (κ1) is 12.9.